The van der Waals surface area contributed by atoms with Crippen molar-refractivity contribution in [3.05, 3.63) is 11.8 Å². The minimum Gasteiger partial charge on any atom is -0.360 e. The summed E-state index contributed by atoms with van der Waals surface area (Å²) in [5.74, 6) is -0.500. The van der Waals surface area contributed by atoms with Crippen molar-refractivity contribution in [1.29, 1.82) is 0 Å². The van der Waals surface area contributed by atoms with Crippen LogP contribution in [0.4, 0.5) is 5.82 Å². The van der Waals surface area contributed by atoms with Gasteiger partial charge in [0.1, 0.15) is 5.76 Å². The van der Waals surface area contributed by atoms with E-state index in [-0.39, 0.29) is 11.9 Å². The molecular weight excluding hydrogens is 284 g/mol. The van der Waals surface area contributed by atoms with Crippen LogP contribution in [0.5, 0.6) is 0 Å². The molecule has 1 aliphatic heterocycles. The second kappa shape index (κ2) is 5.39. The van der Waals surface area contributed by atoms with Gasteiger partial charge in [-0.25, -0.2) is 0 Å². The Kier molecular flexibility index (Phi) is 4.04. The summed E-state index contributed by atoms with van der Waals surface area (Å²) in [4.78, 5) is 26.6. The van der Waals surface area contributed by atoms with Crippen molar-refractivity contribution >= 4 is 17.6 Å². The van der Waals surface area contributed by atoms with Gasteiger partial charge in [0.25, 0.3) is 0 Å². The Hall–Kier alpha value is -1.89. The monoisotopic (exact) mass is 308 g/mol. The molecule has 0 atom stereocenters. The number of carbonyl (C=O) groups is 2. The number of hydrogen-bond donors (Lipinski definition) is 2. The van der Waals surface area contributed by atoms with Crippen LogP contribution in [-0.2, 0) is 9.59 Å². The molecule has 0 radical (unpaired) electrons. The zero-order valence-electron chi connectivity index (χ0n) is 13.8. The maximum atomic E-state index is 12.7. The summed E-state index contributed by atoms with van der Waals surface area (Å²) in [5.41, 5.74) is 5.11. The van der Waals surface area contributed by atoms with E-state index in [1.807, 2.05) is 27.7 Å². The van der Waals surface area contributed by atoms with Gasteiger partial charge in [-0.15, -0.1) is 0 Å². The van der Waals surface area contributed by atoms with Crippen LogP contribution in [0, 0.1) is 6.92 Å². The molecule has 2 amide bonds. The highest BCUT2D eigenvalue weighted by Gasteiger charge is 2.48. The van der Waals surface area contributed by atoms with E-state index in [0.29, 0.717) is 18.6 Å². The summed E-state index contributed by atoms with van der Waals surface area (Å²) < 4.78 is 4.88. The number of anilines is 1. The fourth-order valence-electron chi connectivity index (χ4n) is 3.60. The minimum atomic E-state index is -0.718. The lowest BCUT2D eigenvalue weighted by Crippen LogP contribution is -2.66. The highest BCUT2D eigenvalue weighted by molar-refractivity contribution is 6.39. The first-order chi connectivity index (χ1) is 10.0. The topological polar surface area (TPSA) is 101 Å². The molecule has 1 aromatic heterocycles. The Morgan fingerprint density at radius 3 is 2.32 bits per heavy atom. The van der Waals surface area contributed by atoms with Crippen molar-refractivity contribution in [2.75, 3.05) is 5.32 Å². The summed E-state index contributed by atoms with van der Waals surface area (Å²) in [6, 6.07) is 1.57. The summed E-state index contributed by atoms with van der Waals surface area (Å²) in [6.07, 6.45) is 1.30. The number of likely N-dealkylation sites (tertiary alicyclic amines) is 1. The first-order valence-electron chi connectivity index (χ1n) is 7.37. The van der Waals surface area contributed by atoms with E-state index in [1.165, 1.54) is 0 Å². The minimum absolute atomic E-state index is 0.00954. The molecule has 1 aliphatic rings. The second-order valence-electron chi connectivity index (χ2n) is 7.21. The molecule has 0 aromatic carbocycles. The van der Waals surface area contributed by atoms with Crippen molar-refractivity contribution in [3.8, 4) is 0 Å². The molecule has 7 nitrogen and oxygen atoms in total. The number of aromatic nitrogens is 1. The molecule has 1 fully saturated rings. The van der Waals surface area contributed by atoms with Gasteiger partial charge in [0, 0.05) is 23.2 Å². The van der Waals surface area contributed by atoms with E-state index in [4.69, 9.17) is 10.3 Å². The lowest BCUT2D eigenvalue weighted by atomic mass is 9.77. The van der Waals surface area contributed by atoms with Gasteiger partial charge in [0.05, 0.1) is 0 Å². The predicted molar refractivity (Wildman–Crippen MR) is 82.1 cm³/mol. The van der Waals surface area contributed by atoms with E-state index in [2.05, 4.69) is 10.5 Å². The Bertz CT molecular complexity index is 573. The number of hydrogen-bond acceptors (Lipinski definition) is 5. The largest absolute Gasteiger partial charge is 0.360 e. The Morgan fingerprint density at radius 1 is 1.32 bits per heavy atom. The molecule has 2 heterocycles. The molecule has 7 heteroatoms. The summed E-state index contributed by atoms with van der Waals surface area (Å²) in [7, 11) is 0. The standard InChI is InChI=1S/C15H24N4O3/c1-9-6-11(18-22-9)17-12(20)13(21)19-14(2,3)7-10(16)8-15(19,4)5/h6,10H,7-8,16H2,1-5H3,(H,17,18,20). The first kappa shape index (κ1) is 16.5. The summed E-state index contributed by atoms with van der Waals surface area (Å²) in [6.45, 7) is 9.43. The number of amides is 2. The van der Waals surface area contributed by atoms with E-state index < -0.39 is 22.9 Å². The fraction of sp³-hybridized carbons (Fsp3) is 0.667. The highest BCUT2D eigenvalue weighted by Crippen LogP contribution is 2.37. The van der Waals surface area contributed by atoms with Gasteiger partial charge in [-0.2, -0.15) is 0 Å². The maximum absolute atomic E-state index is 12.7. The van der Waals surface area contributed by atoms with Crippen LogP contribution in [0.2, 0.25) is 0 Å². The van der Waals surface area contributed by atoms with Crippen LogP contribution in [-0.4, -0.2) is 39.0 Å². The number of rotatable bonds is 1. The predicted octanol–water partition coefficient (Wildman–Crippen LogP) is 1.43. The maximum Gasteiger partial charge on any atom is 0.315 e. The van der Waals surface area contributed by atoms with Crippen LogP contribution in [0.3, 0.4) is 0 Å². The number of nitrogens with two attached hydrogens (primary N) is 1. The zero-order valence-corrected chi connectivity index (χ0v) is 13.8. The third-order valence-electron chi connectivity index (χ3n) is 4.00. The van der Waals surface area contributed by atoms with E-state index in [0.717, 1.165) is 0 Å². The van der Waals surface area contributed by atoms with Crippen molar-refractivity contribution in [1.82, 2.24) is 10.1 Å². The molecule has 0 bridgehead atoms. The zero-order chi connectivity index (χ0) is 16.7. The molecule has 1 aromatic rings. The average Bonchev–Trinajstić information content (AvgIpc) is 2.70. The van der Waals surface area contributed by atoms with E-state index >= 15 is 0 Å². The molecule has 3 N–H and O–H groups in total. The first-order valence-corrected chi connectivity index (χ1v) is 7.37. The molecule has 0 unspecified atom stereocenters. The molecule has 2 rings (SSSR count). The summed E-state index contributed by atoms with van der Waals surface area (Å²) in [5, 5.41) is 6.15. The van der Waals surface area contributed by atoms with Crippen LogP contribution in [0.1, 0.15) is 46.3 Å². The Balaban J connectivity index is 2.20. The highest BCUT2D eigenvalue weighted by atomic mass is 16.5. The third kappa shape index (κ3) is 3.14. The normalized spacial score (nSPS) is 20.7. The van der Waals surface area contributed by atoms with Gasteiger partial charge < -0.3 is 15.2 Å². The molecule has 0 aliphatic carbocycles. The fourth-order valence-corrected chi connectivity index (χ4v) is 3.60. The van der Waals surface area contributed by atoms with E-state index in [9.17, 15) is 9.59 Å². The van der Waals surface area contributed by atoms with Crippen LogP contribution >= 0.6 is 0 Å². The van der Waals surface area contributed by atoms with Crippen molar-refractivity contribution < 1.29 is 14.1 Å². The van der Waals surface area contributed by atoms with Crippen molar-refractivity contribution in [3.63, 3.8) is 0 Å². The second-order valence-corrected chi connectivity index (χ2v) is 7.21. The van der Waals surface area contributed by atoms with Crippen molar-refractivity contribution in [2.24, 2.45) is 5.73 Å². The molecule has 0 spiro atoms. The van der Waals surface area contributed by atoms with Crippen molar-refractivity contribution in [2.45, 2.75) is 64.6 Å². The SMILES string of the molecule is Cc1cc(NC(=O)C(=O)N2C(C)(C)CC(N)CC2(C)C)no1. The van der Waals surface area contributed by atoms with Gasteiger partial charge in [-0.05, 0) is 47.5 Å². The quantitative estimate of drug-likeness (QED) is 0.764. The average molecular weight is 308 g/mol. The van der Waals surface area contributed by atoms with Gasteiger partial charge in [0.2, 0.25) is 0 Å². The van der Waals surface area contributed by atoms with E-state index in [1.54, 1.807) is 17.9 Å². The number of nitrogens with one attached hydrogen (secondary N) is 1. The molecule has 122 valence electrons. The Labute approximate surface area is 130 Å². The summed E-state index contributed by atoms with van der Waals surface area (Å²) >= 11 is 0. The lowest BCUT2D eigenvalue weighted by molar-refractivity contribution is -0.156. The van der Waals surface area contributed by atoms with Gasteiger partial charge in [-0.3, -0.25) is 14.9 Å². The van der Waals surface area contributed by atoms with Crippen LogP contribution in [0.15, 0.2) is 10.6 Å². The number of nitrogens with zero attached hydrogens (tertiary/aromatic N) is 2. The molecular formula is C15H24N4O3. The van der Waals surface area contributed by atoms with Crippen LogP contribution < -0.4 is 11.1 Å². The molecule has 0 saturated carbocycles. The van der Waals surface area contributed by atoms with Gasteiger partial charge >= 0.3 is 11.8 Å². The molecule has 22 heavy (non-hydrogen) atoms. The van der Waals surface area contributed by atoms with Gasteiger partial charge in [-0.1, -0.05) is 5.16 Å². The lowest BCUT2D eigenvalue weighted by Gasteiger charge is -2.54. The third-order valence-corrected chi connectivity index (χ3v) is 4.00. The molecule has 1 saturated heterocycles. The smallest absolute Gasteiger partial charge is 0.315 e. The van der Waals surface area contributed by atoms with Gasteiger partial charge in [0.15, 0.2) is 5.82 Å². The van der Waals surface area contributed by atoms with Crippen LogP contribution in [0.25, 0.3) is 0 Å². The number of aryl methyl sites for hydroxylation is 1. The Morgan fingerprint density at radius 2 is 1.86 bits per heavy atom. The number of piperidine rings is 1. The number of carbonyl (C=O) groups excluding carboxylic acids is 2.